The van der Waals surface area contributed by atoms with Gasteiger partial charge in [-0.15, -0.1) is 0 Å². The first-order valence-corrected chi connectivity index (χ1v) is 6.74. The molecule has 1 atom stereocenters. The molecule has 0 aliphatic carbocycles. The van der Waals surface area contributed by atoms with E-state index in [0.29, 0.717) is 18.5 Å². The number of amides is 1. The minimum absolute atomic E-state index is 0.171. The highest BCUT2D eigenvalue weighted by atomic mass is 79.9. The van der Waals surface area contributed by atoms with Crippen LogP contribution >= 0.6 is 15.9 Å². The third-order valence-corrected chi connectivity index (χ3v) is 3.40. The van der Waals surface area contributed by atoms with Gasteiger partial charge in [0, 0.05) is 28.7 Å². The lowest BCUT2D eigenvalue weighted by Gasteiger charge is -2.14. The summed E-state index contributed by atoms with van der Waals surface area (Å²) < 4.78 is 0.759. The Morgan fingerprint density at radius 1 is 1.47 bits per heavy atom. The number of nitrogens with two attached hydrogens (primary N) is 1. The maximum Gasteiger partial charge on any atom is 0.303 e. The molecule has 0 heterocycles. The number of hydrogen-bond donors (Lipinski definition) is 3. The van der Waals surface area contributed by atoms with Crippen LogP contribution < -0.4 is 11.1 Å². The first-order valence-electron chi connectivity index (χ1n) is 5.95. The molecule has 19 heavy (non-hydrogen) atoms. The number of carbonyl (C=O) groups is 2. The van der Waals surface area contributed by atoms with Gasteiger partial charge in [-0.05, 0) is 46.5 Å². The van der Waals surface area contributed by atoms with Crippen LogP contribution in [0.2, 0.25) is 0 Å². The van der Waals surface area contributed by atoms with Crippen LogP contribution in [-0.4, -0.2) is 23.5 Å². The molecule has 0 bridgehead atoms. The van der Waals surface area contributed by atoms with Crippen molar-refractivity contribution in [1.82, 2.24) is 0 Å². The van der Waals surface area contributed by atoms with E-state index in [1.807, 2.05) is 6.92 Å². The Morgan fingerprint density at radius 3 is 2.68 bits per heavy atom. The van der Waals surface area contributed by atoms with E-state index in [1.165, 1.54) is 0 Å². The Balaban J connectivity index is 2.53. The van der Waals surface area contributed by atoms with Gasteiger partial charge in [-0.1, -0.05) is 6.92 Å². The molecule has 0 saturated heterocycles. The predicted octanol–water partition coefficient (Wildman–Crippen LogP) is 2.46. The molecule has 1 aromatic rings. The van der Waals surface area contributed by atoms with Crippen molar-refractivity contribution in [2.45, 2.75) is 19.8 Å². The molecule has 0 aromatic heterocycles. The van der Waals surface area contributed by atoms with Crippen molar-refractivity contribution in [3.05, 3.63) is 28.2 Å². The number of anilines is 1. The van der Waals surface area contributed by atoms with Crippen molar-refractivity contribution < 1.29 is 14.7 Å². The summed E-state index contributed by atoms with van der Waals surface area (Å²) in [5.74, 6) is -1.00. The molecular weight excluding hydrogens is 312 g/mol. The van der Waals surface area contributed by atoms with Gasteiger partial charge in [0.15, 0.2) is 0 Å². The van der Waals surface area contributed by atoms with Crippen LogP contribution in [0.5, 0.6) is 0 Å². The fraction of sp³-hybridized carbons (Fsp3) is 0.385. The van der Waals surface area contributed by atoms with Gasteiger partial charge in [-0.25, -0.2) is 0 Å². The quantitative estimate of drug-likeness (QED) is 0.716. The third-order valence-electron chi connectivity index (χ3n) is 2.75. The summed E-state index contributed by atoms with van der Waals surface area (Å²) >= 11 is 3.36. The van der Waals surface area contributed by atoms with Crippen molar-refractivity contribution in [1.29, 1.82) is 0 Å². The highest BCUT2D eigenvalue weighted by Gasteiger charge is 2.08. The third kappa shape index (κ3) is 5.30. The largest absolute Gasteiger partial charge is 0.481 e. The molecule has 0 aliphatic rings. The van der Waals surface area contributed by atoms with Crippen molar-refractivity contribution in [3.63, 3.8) is 0 Å². The summed E-state index contributed by atoms with van der Waals surface area (Å²) in [5.41, 5.74) is 6.48. The summed E-state index contributed by atoms with van der Waals surface area (Å²) in [6.07, 6.45) is 0.796. The van der Waals surface area contributed by atoms with E-state index in [9.17, 15) is 9.59 Å². The average molecular weight is 329 g/mol. The van der Waals surface area contributed by atoms with Gasteiger partial charge in [-0.3, -0.25) is 9.59 Å². The predicted molar refractivity (Wildman–Crippen MR) is 77.2 cm³/mol. The van der Waals surface area contributed by atoms with Crippen LogP contribution in [0.3, 0.4) is 0 Å². The normalized spacial score (nSPS) is 11.9. The van der Waals surface area contributed by atoms with Crippen molar-refractivity contribution in [2.24, 2.45) is 11.7 Å². The van der Waals surface area contributed by atoms with Gasteiger partial charge >= 0.3 is 5.97 Å². The number of rotatable bonds is 7. The summed E-state index contributed by atoms with van der Waals surface area (Å²) in [5, 5.41) is 11.8. The van der Waals surface area contributed by atoms with E-state index in [2.05, 4.69) is 21.2 Å². The maximum absolute atomic E-state index is 11.0. The van der Waals surface area contributed by atoms with E-state index in [-0.39, 0.29) is 12.3 Å². The Kier molecular flexibility index (Phi) is 5.82. The number of carboxylic acids is 1. The topological polar surface area (TPSA) is 92.4 Å². The standard InChI is InChI=1S/C13H17BrN2O3/c1-8(2-5-12(17)18)7-16-11-4-3-9(13(15)19)6-10(11)14/h3-4,6,8,16H,2,5,7H2,1H3,(H2,15,19)(H,17,18). The fourth-order valence-corrected chi connectivity index (χ4v) is 2.09. The second kappa shape index (κ2) is 7.13. The van der Waals surface area contributed by atoms with Crippen molar-refractivity contribution in [3.8, 4) is 0 Å². The van der Waals surface area contributed by atoms with Gasteiger partial charge < -0.3 is 16.2 Å². The molecule has 6 heteroatoms. The SMILES string of the molecule is CC(CCC(=O)O)CNc1ccc(C(N)=O)cc1Br. The molecule has 5 nitrogen and oxygen atoms in total. The minimum atomic E-state index is -0.779. The van der Waals surface area contributed by atoms with E-state index < -0.39 is 11.9 Å². The van der Waals surface area contributed by atoms with Gasteiger partial charge in [0.2, 0.25) is 5.91 Å². The molecule has 0 saturated carbocycles. The monoisotopic (exact) mass is 328 g/mol. The fourth-order valence-electron chi connectivity index (χ4n) is 1.57. The van der Waals surface area contributed by atoms with Crippen molar-refractivity contribution >= 4 is 33.5 Å². The zero-order chi connectivity index (χ0) is 14.4. The maximum atomic E-state index is 11.0. The molecule has 1 rings (SSSR count). The van der Waals surface area contributed by atoms with Gasteiger partial charge in [0.1, 0.15) is 0 Å². The molecule has 0 aliphatic heterocycles. The number of benzene rings is 1. The van der Waals surface area contributed by atoms with E-state index in [4.69, 9.17) is 10.8 Å². The Hall–Kier alpha value is -1.56. The number of aliphatic carboxylic acids is 1. The Morgan fingerprint density at radius 2 is 2.16 bits per heavy atom. The van der Waals surface area contributed by atoms with Crippen LogP contribution in [0.4, 0.5) is 5.69 Å². The van der Waals surface area contributed by atoms with Crippen molar-refractivity contribution in [2.75, 3.05) is 11.9 Å². The van der Waals surface area contributed by atoms with Gasteiger partial charge in [0.25, 0.3) is 0 Å². The second-order valence-electron chi connectivity index (χ2n) is 4.48. The first kappa shape index (κ1) is 15.5. The molecule has 1 unspecified atom stereocenters. The highest BCUT2D eigenvalue weighted by Crippen LogP contribution is 2.24. The van der Waals surface area contributed by atoms with E-state index >= 15 is 0 Å². The Bertz CT molecular complexity index is 477. The number of hydrogen-bond acceptors (Lipinski definition) is 3. The molecule has 0 radical (unpaired) electrons. The zero-order valence-corrected chi connectivity index (χ0v) is 12.2. The summed E-state index contributed by atoms with van der Waals surface area (Å²) in [6.45, 7) is 2.66. The summed E-state index contributed by atoms with van der Waals surface area (Å²) in [4.78, 5) is 21.5. The second-order valence-corrected chi connectivity index (χ2v) is 5.33. The average Bonchev–Trinajstić information content (AvgIpc) is 2.34. The molecule has 1 amide bonds. The van der Waals surface area contributed by atoms with Gasteiger partial charge in [-0.2, -0.15) is 0 Å². The number of halogens is 1. The van der Waals surface area contributed by atoms with E-state index in [0.717, 1.165) is 10.2 Å². The molecule has 4 N–H and O–H groups in total. The summed E-state index contributed by atoms with van der Waals surface area (Å²) in [6, 6.07) is 5.08. The molecule has 104 valence electrons. The number of primary amides is 1. The van der Waals surface area contributed by atoms with E-state index in [1.54, 1.807) is 18.2 Å². The van der Waals surface area contributed by atoms with Crippen LogP contribution in [0.25, 0.3) is 0 Å². The van der Waals surface area contributed by atoms with Gasteiger partial charge in [0.05, 0.1) is 0 Å². The number of nitrogens with one attached hydrogen (secondary N) is 1. The van der Waals surface area contributed by atoms with Crippen LogP contribution in [0, 0.1) is 5.92 Å². The van der Waals surface area contributed by atoms with Crippen LogP contribution in [0.1, 0.15) is 30.1 Å². The smallest absolute Gasteiger partial charge is 0.303 e. The zero-order valence-electron chi connectivity index (χ0n) is 10.6. The number of carbonyl (C=O) groups excluding carboxylic acids is 1. The molecule has 0 fully saturated rings. The molecule has 1 aromatic carbocycles. The van der Waals surface area contributed by atoms with Crippen LogP contribution in [-0.2, 0) is 4.79 Å². The lowest BCUT2D eigenvalue weighted by molar-refractivity contribution is -0.137. The minimum Gasteiger partial charge on any atom is -0.481 e. The molecule has 0 spiro atoms. The Labute approximate surface area is 120 Å². The number of carboxylic acid groups (broad SMARTS) is 1. The highest BCUT2D eigenvalue weighted by molar-refractivity contribution is 9.10. The summed E-state index contributed by atoms with van der Waals surface area (Å²) in [7, 11) is 0. The molecular formula is C13H17BrN2O3. The first-order chi connectivity index (χ1) is 8.90. The van der Waals surface area contributed by atoms with Crippen LogP contribution in [0.15, 0.2) is 22.7 Å². The lowest BCUT2D eigenvalue weighted by atomic mass is 10.1. The lowest BCUT2D eigenvalue weighted by Crippen LogP contribution is -2.14.